The second-order valence-electron chi connectivity index (χ2n) is 4.40. The van der Waals surface area contributed by atoms with Gasteiger partial charge in [-0.2, -0.15) is 0 Å². The standard InChI is InChI=1S/C12H18N2O2S/c1-9-7-14(8-10(2)16-9)12(15)13-6-11-4-3-5-17-11/h3-5,9-10H,6-8H2,1-2H3,(H,13,15). The largest absolute Gasteiger partial charge is 0.372 e. The van der Waals surface area contributed by atoms with Gasteiger partial charge in [-0.25, -0.2) is 4.79 Å². The molecule has 1 fully saturated rings. The molecule has 1 N–H and O–H groups in total. The van der Waals surface area contributed by atoms with Crippen molar-refractivity contribution in [2.75, 3.05) is 13.1 Å². The van der Waals surface area contributed by atoms with Crippen molar-refractivity contribution in [3.05, 3.63) is 22.4 Å². The first kappa shape index (κ1) is 12.4. The number of hydrogen-bond donors (Lipinski definition) is 1. The summed E-state index contributed by atoms with van der Waals surface area (Å²) < 4.78 is 5.60. The number of hydrogen-bond acceptors (Lipinski definition) is 3. The fourth-order valence-electron chi connectivity index (χ4n) is 2.03. The molecule has 4 nitrogen and oxygen atoms in total. The molecule has 0 aromatic carbocycles. The second-order valence-corrected chi connectivity index (χ2v) is 5.43. The Hall–Kier alpha value is -1.07. The summed E-state index contributed by atoms with van der Waals surface area (Å²) in [7, 11) is 0. The van der Waals surface area contributed by atoms with Gasteiger partial charge in [0.05, 0.1) is 18.8 Å². The molecule has 0 aliphatic carbocycles. The average Bonchev–Trinajstić information content (AvgIpc) is 2.77. The first-order valence-corrected chi connectivity index (χ1v) is 6.73. The summed E-state index contributed by atoms with van der Waals surface area (Å²) in [6, 6.07) is 4.01. The van der Waals surface area contributed by atoms with Crippen molar-refractivity contribution in [2.45, 2.75) is 32.6 Å². The van der Waals surface area contributed by atoms with E-state index in [0.717, 1.165) is 0 Å². The molecule has 2 unspecified atom stereocenters. The van der Waals surface area contributed by atoms with E-state index in [1.807, 2.05) is 36.3 Å². The number of nitrogens with zero attached hydrogens (tertiary/aromatic N) is 1. The van der Waals surface area contributed by atoms with Crippen molar-refractivity contribution in [1.82, 2.24) is 10.2 Å². The fraction of sp³-hybridized carbons (Fsp3) is 0.583. The van der Waals surface area contributed by atoms with E-state index >= 15 is 0 Å². The SMILES string of the molecule is CC1CN(C(=O)NCc2cccs2)CC(C)O1. The van der Waals surface area contributed by atoms with E-state index < -0.39 is 0 Å². The molecule has 94 valence electrons. The van der Waals surface area contributed by atoms with Crippen molar-refractivity contribution in [1.29, 1.82) is 0 Å². The van der Waals surface area contributed by atoms with Gasteiger partial charge < -0.3 is 15.0 Å². The third-order valence-electron chi connectivity index (χ3n) is 2.70. The van der Waals surface area contributed by atoms with Crippen LogP contribution in [-0.2, 0) is 11.3 Å². The summed E-state index contributed by atoms with van der Waals surface area (Å²) in [5.74, 6) is 0. The van der Waals surface area contributed by atoms with E-state index in [0.29, 0.717) is 19.6 Å². The highest BCUT2D eigenvalue weighted by Crippen LogP contribution is 2.11. The Morgan fingerprint density at radius 3 is 2.82 bits per heavy atom. The van der Waals surface area contributed by atoms with Gasteiger partial charge in [-0.05, 0) is 25.3 Å². The molecule has 1 aliphatic rings. The smallest absolute Gasteiger partial charge is 0.317 e. The van der Waals surface area contributed by atoms with Gasteiger partial charge in [0.2, 0.25) is 0 Å². The predicted octanol–water partition coefficient (Wildman–Crippen LogP) is 2.07. The van der Waals surface area contributed by atoms with Crippen molar-refractivity contribution < 1.29 is 9.53 Å². The zero-order valence-electron chi connectivity index (χ0n) is 10.2. The highest BCUT2D eigenvalue weighted by atomic mass is 32.1. The lowest BCUT2D eigenvalue weighted by Crippen LogP contribution is -2.51. The highest BCUT2D eigenvalue weighted by Gasteiger charge is 2.25. The molecule has 1 aliphatic heterocycles. The summed E-state index contributed by atoms with van der Waals surface area (Å²) in [6.07, 6.45) is 0.234. The maximum atomic E-state index is 11.9. The van der Waals surface area contributed by atoms with Gasteiger partial charge in [-0.1, -0.05) is 6.07 Å². The molecule has 17 heavy (non-hydrogen) atoms. The molecule has 1 saturated heterocycles. The number of morpholine rings is 1. The summed E-state index contributed by atoms with van der Waals surface area (Å²) in [4.78, 5) is 14.9. The quantitative estimate of drug-likeness (QED) is 0.878. The lowest BCUT2D eigenvalue weighted by Gasteiger charge is -2.35. The van der Waals surface area contributed by atoms with Gasteiger partial charge in [0.15, 0.2) is 0 Å². The molecule has 1 aromatic rings. The van der Waals surface area contributed by atoms with Crippen molar-refractivity contribution in [2.24, 2.45) is 0 Å². The van der Waals surface area contributed by atoms with Crippen molar-refractivity contribution >= 4 is 17.4 Å². The van der Waals surface area contributed by atoms with Gasteiger partial charge in [0, 0.05) is 18.0 Å². The number of carbonyl (C=O) groups is 1. The molecular weight excluding hydrogens is 236 g/mol. The molecule has 0 radical (unpaired) electrons. The van der Waals surface area contributed by atoms with Crippen LogP contribution in [0.4, 0.5) is 4.79 Å². The Morgan fingerprint density at radius 1 is 1.53 bits per heavy atom. The average molecular weight is 254 g/mol. The summed E-state index contributed by atoms with van der Waals surface area (Å²) in [5.41, 5.74) is 0. The van der Waals surface area contributed by atoms with Gasteiger partial charge in [-0.3, -0.25) is 0 Å². The Bertz CT molecular complexity index is 357. The van der Waals surface area contributed by atoms with Crippen molar-refractivity contribution in [3.8, 4) is 0 Å². The molecule has 0 saturated carbocycles. The number of amides is 2. The Morgan fingerprint density at radius 2 is 2.24 bits per heavy atom. The number of ether oxygens (including phenoxy) is 1. The maximum Gasteiger partial charge on any atom is 0.317 e. The van der Waals surface area contributed by atoms with E-state index in [-0.39, 0.29) is 18.2 Å². The van der Waals surface area contributed by atoms with Gasteiger partial charge in [-0.15, -0.1) is 11.3 Å². The van der Waals surface area contributed by atoms with Crippen LogP contribution in [-0.4, -0.2) is 36.2 Å². The Kier molecular flexibility index (Phi) is 4.02. The van der Waals surface area contributed by atoms with Crippen LogP contribution in [0.2, 0.25) is 0 Å². The maximum absolute atomic E-state index is 11.9. The minimum Gasteiger partial charge on any atom is -0.372 e. The van der Waals surface area contributed by atoms with Crippen LogP contribution in [0.15, 0.2) is 17.5 Å². The number of thiophene rings is 1. The summed E-state index contributed by atoms with van der Waals surface area (Å²) >= 11 is 1.65. The van der Waals surface area contributed by atoms with Gasteiger partial charge >= 0.3 is 6.03 Å². The van der Waals surface area contributed by atoms with E-state index in [1.165, 1.54) is 4.88 Å². The Labute approximate surface area is 106 Å². The van der Waals surface area contributed by atoms with Crippen LogP contribution in [0.5, 0.6) is 0 Å². The molecule has 0 bridgehead atoms. The second kappa shape index (κ2) is 5.51. The number of nitrogens with one attached hydrogen (secondary N) is 1. The van der Waals surface area contributed by atoms with Gasteiger partial charge in [0.25, 0.3) is 0 Å². The lowest BCUT2D eigenvalue weighted by molar-refractivity contribution is -0.0545. The molecule has 2 atom stereocenters. The summed E-state index contributed by atoms with van der Waals surface area (Å²) in [5, 5.41) is 4.95. The minimum atomic E-state index is 0.000370. The van der Waals surface area contributed by atoms with E-state index in [4.69, 9.17) is 4.74 Å². The molecule has 1 aromatic heterocycles. The summed E-state index contributed by atoms with van der Waals surface area (Å²) in [6.45, 7) is 5.93. The van der Waals surface area contributed by atoms with Crippen LogP contribution >= 0.6 is 11.3 Å². The fourth-order valence-corrected chi connectivity index (χ4v) is 2.68. The first-order chi connectivity index (χ1) is 8.15. The molecule has 2 rings (SSSR count). The molecule has 2 heterocycles. The lowest BCUT2D eigenvalue weighted by atomic mass is 10.2. The van der Waals surface area contributed by atoms with E-state index in [1.54, 1.807) is 11.3 Å². The zero-order valence-corrected chi connectivity index (χ0v) is 11.0. The van der Waals surface area contributed by atoms with Crippen LogP contribution < -0.4 is 5.32 Å². The molecule has 0 spiro atoms. The monoisotopic (exact) mass is 254 g/mol. The third-order valence-corrected chi connectivity index (χ3v) is 3.58. The molecule has 2 amide bonds. The van der Waals surface area contributed by atoms with Crippen LogP contribution in [0.1, 0.15) is 18.7 Å². The molecular formula is C12H18N2O2S. The number of carbonyl (C=O) groups excluding carboxylic acids is 1. The first-order valence-electron chi connectivity index (χ1n) is 5.86. The molecule has 5 heteroatoms. The Balaban J connectivity index is 1.83. The topological polar surface area (TPSA) is 41.6 Å². The van der Waals surface area contributed by atoms with E-state index in [9.17, 15) is 4.79 Å². The van der Waals surface area contributed by atoms with Crippen LogP contribution in [0, 0.1) is 0 Å². The third kappa shape index (κ3) is 3.44. The number of rotatable bonds is 2. The normalized spacial score (nSPS) is 24.7. The van der Waals surface area contributed by atoms with Crippen molar-refractivity contribution in [3.63, 3.8) is 0 Å². The van der Waals surface area contributed by atoms with Crippen LogP contribution in [0.3, 0.4) is 0 Å². The zero-order chi connectivity index (χ0) is 12.3. The minimum absolute atomic E-state index is 0.000370. The van der Waals surface area contributed by atoms with Gasteiger partial charge in [0.1, 0.15) is 0 Å². The number of urea groups is 1. The predicted molar refractivity (Wildman–Crippen MR) is 68.1 cm³/mol. The highest BCUT2D eigenvalue weighted by molar-refractivity contribution is 7.09. The van der Waals surface area contributed by atoms with E-state index in [2.05, 4.69) is 5.32 Å². The van der Waals surface area contributed by atoms with Crippen LogP contribution in [0.25, 0.3) is 0 Å².